The van der Waals surface area contributed by atoms with E-state index in [0.29, 0.717) is 6.54 Å². The van der Waals surface area contributed by atoms with Crippen LogP contribution in [-0.4, -0.2) is 42.6 Å². The number of rotatable bonds is 4. The minimum atomic E-state index is -0.141. The summed E-state index contributed by atoms with van der Waals surface area (Å²) in [5.74, 6) is 0.707. The Hall–Kier alpha value is -1.62. The lowest BCUT2D eigenvalue weighted by Gasteiger charge is -2.21. The number of anilines is 1. The van der Waals surface area contributed by atoms with Crippen LogP contribution < -0.4 is 5.32 Å². The summed E-state index contributed by atoms with van der Waals surface area (Å²) in [4.78, 5) is 18.2. The van der Waals surface area contributed by atoms with Gasteiger partial charge in [0.2, 0.25) is 0 Å². The lowest BCUT2D eigenvalue weighted by Crippen LogP contribution is -2.36. The van der Waals surface area contributed by atoms with Gasteiger partial charge in [0, 0.05) is 13.6 Å². The zero-order valence-electron chi connectivity index (χ0n) is 10.8. The van der Waals surface area contributed by atoms with Crippen molar-refractivity contribution in [1.29, 1.82) is 0 Å². The Morgan fingerprint density at radius 3 is 3.17 bits per heavy atom. The van der Waals surface area contributed by atoms with Gasteiger partial charge in [0.15, 0.2) is 0 Å². The maximum atomic E-state index is 11.6. The predicted octanol–water partition coefficient (Wildman–Crippen LogP) is 1.26. The van der Waals surface area contributed by atoms with Crippen LogP contribution in [-0.2, 0) is 16.1 Å². The van der Waals surface area contributed by atoms with E-state index >= 15 is 0 Å². The Labute approximate surface area is 107 Å². The molecule has 5 nitrogen and oxygen atoms in total. The summed E-state index contributed by atoms with van der Waals surface area (Å²) < 4.78 is 4.83. The molecular weight excluding hydrogens is 230 g/mol. The molecule has 0 radical (unpaired) electrons. The van der Waals surface area contributed by atoms with E-state index in [1.165, 1.54) is 7.11 Å². The molecule has 18 heavy (non-hydrogen) atoms. The van der Waals surface area contributed by atoms with Gasteiger partial charge in [-0.05, 0) is 31.5 Å². The van der Waals surface area contributed by atoms with Crippen molar-refractivity contribution in [2.75, 3.05) is 26.0 Å². The average Bonchev–Trinajstić information content (AvgIpc) is 2.86. The molecule has 2 heterocycles. The molecule has 98 valence electrons. The largest absolute Gasteiger partial charge is 0.468 e. The van der Waals surface area contributed by atoms with Crippen molar-refractivity contribution in [3.8, 4) is 0 Å². The van der Waals surface area contributed by atoms with Gasteiger partial charge in [-0.2, -0.15) is 0 Å². The molecule has 0 saturated carbocycles. The SMILES string of the molecule is CNc1cccc(CN2CCCC2C(=O)OC)n1. The Morgan fingerprint density at radius 2 is 2.44 bits per heavy atom. The summed E-state index contributed by atoms with van der Waals surface area (Å²) in [5.41, 5.74) is 0.970. The van der Waals surface area contributed by atoms with Crippen molar-refractivity contribution in [3.05, 3.63) is 23.9 Å². The van der Waals surface area contributed by atoms with Crippen LogP contribution in [0.25, 0.3) is 0 Å². The zero-order chi connectivity index (χ0) is 13.0. The first-order valence-electron chi connectivity index (χ1n) is 6.20. The molecule has 1 atom stereocenters. The second-order valence-corrected chi connectivity index (χ2v) is 4.42. The van der Waals surface area contributed by atoms with E-state index in [-0.39, 0.29) is 12.0 Å². The molecule has 1 aromatic heterocycles. The second kappa shape index (κ2) is 5.82. The third-order valence-corrected chi connectivity index (χ3v) is 3.26. The lowest BCUT2D eigenvalue weighted by atomic mass is 10.2. The number of esters is 1. The summed E-state index contributed by atoms with van der Waals surface area (Å²) in [6.07, 6.45) is 1.91. The van der Waals surface area contributed by atoms with Crippen LogP contribution in [0, 0.1) is 0 Å². The van der Waals surface area contributed by atoms with Gasteiger partial charge < -0.3 is 10.1 Å². The molecule has 0 aliphatic carbocycles. The minimum Gasteiger partial charge on any atom is -0.468 e. The van der Waals surface area contributed by atoms with Crippen LogP contribution in [0.2, 0.25) is 0 Å². The Kier molecular flexibility index (Phi) is 4.15. The standard InChI is InChI=1S/C13H19N3O2/c1-14-12-7-3-5-10(15-12)9-16-8-4-6-11(16)13(17)18-2/h3,5,7,11H,4,6,8-9H2,1-2H3,(H,14,15). The molecule has 1 aromatic rings. The van der Waals surface area contributed by atoms with Crippen LogP contribution in [0.5, 0.6) is 0 Å². The van der Waals surface area contributed by atoms with Gasteiger partial charge in [-0.25, -0.2) is 4.98 Å². The van der Waals surface area contributed by atoms with E-state index in [4.69, 9.17) is 4.74 Å². The Morgan fingerprint density at radius 1 is 1.61 bits per heavy atom. The molecule has 1 aliphatic heterocycles. The van der Waals surface area contributed by atoms with Crippen molar-refractivity contribution >= 4 is 11.8 Å². The highest BCUT2D eigenvalue weighted by molar-refractivity contribution is 5.75. The molecule has 1 unspecified atom stereocenters. The maximum absolute atomic E-state index is 11.6. The highest BCUT2D eigenvalue weighted by Crippen LogP contribution is 2.20. The number of carbonyl (C=O) groups is 1. The number of ether oxygens (including phenoxy) is 1. The molecular formula is C13H19N3O2. The number of likely N-dealkylation sites (tertiary alicyclic amines) is 1. The van der Waals surface area contributed by atoms with E-state index < -0.39 is 0 Å². The van der Waals surface area contributed by atoms with Gasteiger partial charge in [-0.15, -0.1) is 0 Å². The number of pyridine rings is 1. The maximum Gasteiger partial charge on any atom is 0.323 e. The lowest BCUT2D eigenvalue weighted by molar-refractivity contribution is -0.146. The van der Waals surface area contributed by atoms with Gasteiger partial charge in [0.25, 0.3) is 0 Å². The average molecular weight is 249 g/mol. The molecule has 5 heteroatoms. The number of methoxy groups -OCH3 is 1. The molecule has 1 N–H and O–H groups in total. The minimum absolute atomic E-state index is 0.116. The van der Waals surface area contributed by atoms with Crippen LogP contribution in [0.15, 0.2) is 18.2 Å². The molecule has 0 aromatic carbocycles. The van der Waals surface area contributed by atoms with E-state index in [1.807, 2.05) is 25.2 Å². The summed E-state index contributed by atoms with van der Waals surface area (Å²) >= 11 is 0. The predicted molar refractivity (Wildman–Crippen MR) is 69.2 cm³/mol. The normalized spacial score (nSPS) is 19.8. The fraction of sp³-hybridized carbons (Fsp3) is 0.538. The van der Waals surface area contributed by atoms with Gasteiger partial charge >= 0.3 is 5.97 Å². The third kappa shape index (κ3) is 2.79. The molecule has 0 spiro atoms. The molecule has 1 saturated heterocycles. The Bertz CT molecular complexity index is 422. The van der Waals surface area contributed by atoms with Crippen molar-refractivity contribution in [1.82, 2.24) is 9.88 Å². The summed E-state index contributed by atoms with van der Waals surface area (Å²) in [6, 6.07) is 5.76. The number of carbonyl (C=O) groups excluding carboxylic acids is 1. The third-order valence-electron chi connectivity index (χ3n) is 3.26. The quantitative estimate of drug-likeness (QED) is 0.814. The second-order valence-electron chi connectivity index (χ2n) is 4.42. The van der Waals surface area contributed by atoms with Crippen molar-refractivity contribution in [2.24, 2.45) is 0 Å². The zero-order valence-corrected chi connectivity index (χ0v) is 10.8. The number of hydrogen-bond donors (Lipinski definition) is 1. The van der Waals surface area contributed by atoms with E-state index in [9.17, 15) is 4.79 Å². The van der Waals surface area contributed by atoms with Crippen molar-refractivity contribution in [3.63, 3.8) is 0 Å². The fourth-order valence-electron chi connectivity index (χ4n) is 2.33. The number of aromatic nitrogens is 1. The summed E-state index contributed by atoms with van der Waals surface area (Å²) in [5, 5.41) is 3.02. The molecule has 0 amide bonds. The van der Waals surface area contributed by atoms with Gasteiger partial charge in [-0.3, -0.25) is 9.69 Å². The molecule has 1 aliphatic rings. The number of nitrogens with one attached hydrogen (secondary N) is 1. The number of hydrogen-bond acceptors (Lipinski definition) is 5. The van der Waals surface area contributed by atoms with E-state index in [1.54, 1.807) is 0 Å². The first kappa shape index (κ1) is 12.8. The highest BCUT2D eigenvalue weighted by atomic mass is 16.5. The van der Waals surface area contributed by atoms with E-state index in [2.05, 4.69) is 15.2 Å². The summed E-state index contributed by atoms with van der Waals surface area (Å²) in [7, 11) is 3.29. The molecule has 2 rings (SSSR count). The van der Waals surface area contributed by atoms with Crippen LogP contribution >= 0.6 is 0 Å². The first-order valence-corrected chi connectivity index (χ1v) is 6.20. The van der Waals surface area contributed by atoms with Crippen LogP contribution in [0.1, 0.15) is 18.5 Å². The molecule has 0 bridgehead atoms. The van der Waals surface area contributed by atoms with Gasteiger partial charge in [0.05, 0.1) is 12.8 Å². The van der Waals surface area contributed by atoms with Crippen LogP contribution in [0.3, 0.4) is 0 Å². The topological polar surface area (TPSA) is 54.5 Å². The van der Waals surface area contributed by atoms with Crippen molar-refractivity contribution < 1.29 is 9.53 Å². The number of nitrogens with zero attached hydrogens (tertiary/aromatic N) is 2. The van der Waals surface area contributed by atoms with E-state index in [0.717, 1.165) is 30.9 Å². The Balaban J connectivity index is 2.05. The smallest absolute Gasteiger partial charge is 0.323 e. The highest BCUT2D eigenvalue weighted by Gasteiger charge is 2.31. The summed E-state index contributed by atoms with van der Waals surface area (Å²) in [6.45, 7) is 1.61. The molecule has 1 fully saturated rings. The fourth-order valence-corrected chi connectivity index (χ4v) is 2.33. The van der Waals surface area contributed by atoms with Crippen LogP contribution in [0.4, 0.5) is 5.82 Å². The monoisotopic (exact) mass is 249 g/mol. The van der Waals surface area contributed by atoms with Gasteiger partial charge in [-0.1, -0.05) is 6.07 Å². The van der Waals surface area contributed by atoms with Gasteiger partial charge in [0.1, 0.15) is 11.9 Å². The first-order chi connectivity index (χ1) is 8.74. The van der Waals surface area contributed by atoms with Crippen molar-refractivity contribution in [2.45, 2.75) is 25.4 Å².